The van der Waals surface area contributed by atoms with E-state index in [2.05, 4.69) is 10.5 Å². The van der Waals surface area contributed by atoms with Gasteiger partial charge in [0.25, 0.3) is 0 Å². The summed E-state index contributed by atoms with van der Waals surface area (Å²) in [6.07, 6.45) is -7.87. The smallest absolute Gasteiger partial charge is 0.428 e. The average molecular weight is 913 g/mol. The minimum atomic E-state index is -1.85. The molecule has 3 aliphatic rings. The van der Waals surface area contributed by atoms with E-state index in [1.165, 1.54) is 14.0 Å². The lowest BCUT2D eigenvalue weighted by Gasteiger charge is -2.49. The molecule has 4 heterocycles. The molecule has 0 saturated carbocycles. The third-order valence-corrected chi connectivity index (χ3v) is 13.7. The van der Waals surface area contributed by atoms with Crippen LogP contribution in [-0.2, 0) is 44.4 Å². The number of cyclic esters (lactones) is 1. The number of ether oxygens (including phenoxy) is 7. The maximum Gasteiger partial charge on any atom is 0.428 e. The first-order chi connectivity index (χ1) is 29.8. The lowest BCUT2D eigenvalue weighted by atomic mass is 9.77. The molecule has 368 valence electrons. The quantitative estimate of drug-likeness (QED) is 0.121. The van der Waals surface area contributed by atoms with Crippen LogP contribution in [0.3, 0.4) is 0 Å². The second-order valence-corrected chi connectivity index (χ2v) is 19.8. The van der Waals surface area contributed by atoms with Crippen molar-refractivity contribution in [3.8, 4) is 0 Å². The normalized spacial score (nSPS) is 42.7. The van der Waals surface area contributed by atoms with Crippen LogP contribution in [0.5, 0.6) is 0 Å². The minimum absolute atomic E-state index is 0.0334. The Morgan fingerprint density at radius 3 is 2.30 bits per heavy atom. The van der Waals surface area contributed by atoms with Crippen LogP contribution in [0, 0.1) is 17.8 Å². The maximum atomic E-state index is 14.5. The molecule has 0 aromatic carbocycles. The number of aliphatic hydroxyl groups is 4. The van der Waals surface area contributed by atoms with Gasteiger partial charge in [0.1, 0.15) is 35.3 Å². The first kappa shape index (κ1) is 53.9. The first-order valence-corrected chi connectivity index (χ1v) is 22.8. The van der Waals surface area contributed by atoms with E-state index in [0.717, 1.165) is 0 Å². The van der Waals surface area contributed by atoms with Crippen LogP contribution >= 0.6 is 0 Å². The van der Waals surface area contributed by atoms with Gasteiger partial charge in [-0.1, -0.05) is 20.8 Å². The van der Waals surface area contributed by atoms with Crippen molar-refractivity contribution in [2.75, 3.05) is 34.8 Å². The Hall–Kier alpha value is -2.75. The van der Waals surface area contributed by atoms with Gasteiger partial charge in [0.05, 0.1) is 42.2 Å². The van der Waals surface area contributed by atoms with E-state index in [1.807, 2.05) is 44.8 Å². The van der Waals surface area contributed by atoms with Crippen LogP contribution in [0.2, 0.25) is 0 Å². The molecule has 64 heavy (non-hydrogen) atoms. The van der Waals surface area contributed by atoms with Crippen molar-refractivity contribution < 1.29 is 67.6 Å². The van der Waals surface area contributed by atoms with Crippen molar-refractivity contribution in [2.24, 2.45) is 22.9 Å². The number of hydrogen-bond acceptors (Lipinski definition) is 17. The molecule has 3 fully saturated rings. The van der Waals surface area contributed by atoms with Crippen LogP contribution < -0.4 is 5.43 Å². The fourth-order valence-corrected chi connectivity index (χ4v) is 9.93. The van der Waals surface area contributed by atoms with E-state index in [0.29, 0.717) is 30.9 Å². The molecule has 1 aromatic heterocycles. The summed E-state index contributed by atoms with van der Waals surface area (Å²) in [6.45, 7) is 19.6. The molecular formula is C46H80N4O14. The first-order valence-electron chi connectivity index (χ1n) is 22.8. The molecule has 18 heteroatoms. The number of esters is 1. The van der Waals surface area contributed by atoms with Crippen molar-refractivity contribution >= 4 is 17.8 Å². The highest BCUT2D eigenvalue weighted by molar-refractivity contribution is 5.84. The Kier molecular flexibility index (Phi) is 18.8. The number of likely N-dealkylation sites (N-methyl/N-ethyl adjacent to an activating group) is 2. The minimum Gasteiger partial charge on any atom is -0.469 e. The summed E-state index contributed by atoms with van der Waals surface area (Å²) in [6, 6.07) is 2.69. The van der Waals surface area contributed by atoms with Crippen LogP contribution in [0.15, 0.2) is 27.9 Å². The molecule has 0 aliphatic carbocycles. The molecule has 1 aromatic rings. The number of hydrogen-bond donors (Lipinski definition) is 5. The Morgan fingerprint density at radius 2 is 1.70 bits per heavy atom. The molecule has 18 atom stereocenters. The zero-order valence-electron chi connectivity index (χ0n) is 40.8. The number of amides is 1. The Labute approximate surface area is 380 Å². The van der Waals surface area contributed by atoms with Crippen molar-refractivity contribution in [2.45, 2.75) is 199 Å². The summed E-state index contributed by atoms with van der Waals surface area (Å²) in [4.78, 5) is 31.4. The summed E-state index contributed by atoms with van der Waals surface area (Å²) >= 11 is 0. The fraction of sp³-hybridized carbons (Fsp3) is 0.848. The molecule has 0 bridgehead atoms. The van der Waals surface area contributed by atoms with Gasteiger partial charge in [-0.2, -0.15) is 5.10 Å². The number of nitrogens with one attached hydrogen (secondary N) is 1. The Morgan fingerprint density at radius 1 is 1.03 bits per heavy atom. The molecule has 1 unspecified atom stereocenters. The van der Waals surface area contributed by atoms with Crippen LogP contribution in [0.4, 0.5) is 4.79 Å². The van der Waals surface area contributed by atoms with Gasteiger partial charge in [-0.05, 0) is 114 Å². The molecule has 0 radical (unpaired) electrons. The van der Waals surface area contributed by atoms with Crippen molar-refractivity contribution in [1.82, 2.24) is 15.2 Å². The molecule has 18 nitrogen and oxygen atoms in total. The number of carbonyl (C=O) groups is 2. The number of methoxy groups -OCH3 is 1. The van der Waals surface area contributed by atoms with Crippen molar-refractivity contribution in [3.05, 3.63) is 24.2 Å². The van der Waals surface area contributed by atoms with E-state index in [9.17, 15) is 30.0 Å². The van der Waals surface area contributed by atoms with Gasteiger partial charge in [0, 0.05) is 50.2 Å². The summed E-state index contributed by atoms with van der Waals surface area (Å²) in [5.74, 6) is -2.13. The topological polar surface area (TPSA) is 224 Å². The van der Waals surface area contributed by atoms with Gasteiger partial charge in [-0.15, -0.1) is 0 Å². The van der Waals surface area contributed by atoms with Gasteiger partial charge in [-0.25, -0.2) is 10.2 Å². The van der Waals surface area contributed by atoms with Gasteiger partial charge in [0.2, 0.25) is 0 Å². The molecular weight excluding hydrogens is 833 g/mol. The van der Waals surface area contributed by atoms with Crippen molar-refractivity contribution in [3.63, 3.8) is 0 Å². The monoisotopic (exact) mass is 913 g/mol. The number of rotatable bonds is 11. The highest BCUT2D eigenvalue weighted by Gasteiger charge is 2.54. The van der Waals surface area contributed by atoms with Crippen LogP contribution in [0.25, 0.3) is 0 Å². The van der Waals surface area contributed by atoms with E-state index in [1.54, 1.807) is 73.8 Å². The maximum absolute atomic E-state index is 14.5. The number of furan rings is 1. The number of nitrogens with zero attached hydrogens (tertiary/aromatic N) is 3. The third-order valence-electron chi connectivity index (χ3n) is 13.7. The highest BCUT2D eigenvalue weighted by atomic mass is 16.7. The standard InChI is InChI=1S/C46H80N4O14/c1-16-34-46(11,56)38(52)30(7)50(14)24-25(2)22-44(9,55)39(63-42-36(51)33(49(12)13)21-27(4)59-42)28(5)37(29(6)41(53)61-34)62-35-23-45(10,57-15)40(31(8)60-35)64-43(54)48-47-26(3)20-32-18-17-19-58-32/h17-19,25,27-31,33-40,42,51-52,55-56H,16,20-24H2,1-15H3,(H,48,54)/b47-26+/t25-,27-,28+,29-,30-,31+,33+,34-,35+,36-,37+,38-,39-,40?,42+,44-,45-,46-/m1/s1. The molecule has 4 rings (SSSR count). The summed E-state index contributed by atoms with van der Waals surface area (Å²) in [7, 11) is 7.07. The van der Waals surface area contributed by atoms with Gasteiger partial charge < -0.3 is 67.8 Å². The number of hydrazone groups is 1. The second-order valence-electron chi connectivity index (χ2n) is 19.8. The van der Waals surface area contributed by atoms with E-state index in [4.69, 9.17) is 37.6 Å². The summed E-state index contributed by atoms with van der Waals surface area (Å²) in [5, 5.41) is 52.0. The van der Waals surface area contributed by atoms with Crippen LogP contribution in [-0.4, -0.2) is 173 Å². The average Bonchev–Trinajstić information content (AvgIpc) is 3.73. The van der Waals surface area contributed by atoms with Gasteiger partial charge in [-0.3, -0.25) is 4.79 Å². The van der Waals surface area contributed by atoms with Gasteiger partial charge in [0.15, 0.2) is 18.7 Å². The number of carbonyl (C=O) groups excluding carboxylic acids is 2. The van der Waals surface area contributed by atoms with Gasteiger partial charge >= 0.3 is 12.1 Å². The highest BCUT2D eigenvalue weighted by Crippen LogP contribution is 2.41. The Bertz CT molecular complexity index is 1660. The van der Waals surface area contributed by atoms with Crippen LogP contribution in [0.1, 0.15) is 108 Å². The Balaban J connectivity index is 1.73. The lowest BCUT2D eigenvalue weighted by Crippen LogP contribution is -2.61. The lowest BCUT2D eigenvalue weighted by molar-refractivity contribution is -0.317. The summed E-state index contributed by atoms with van der Waals surface area (Å²) < 4.78 is 49.7. The zero-order chi connectivity index (χ0) is 48.1. The number of aliphatic hydroxyl groups excluding tert-OH is 2. The SMILES string of the molecule is CC[C@H]1OC(=O)[C@H](C)[C@@H](O[C@H]2C[C@@](C)(OC)C(OC(=O)N/N=C(\C)Cc3ccco3)[C@H](C)O2)[C@H](C)[C@@H](O[C@@H]2O[C@H](C)C[C@H](N(C)C)[C@H]2O)[C@](C)(O)C[C@@H](C)CN(C)[C@H](C)[C@@H](O)[C@]1(C)O. The predicted octanol–water partition coefficient (Wildman–Crippen LogP) is 3.85. The second kappa shape index (κ2) is 22.4. The molecule has 0 spiro atoms. The summed E-state index contributed by atoms with van der Waals surface area (Å²) in [5.41, 5.74) is -1.61. The van der Waals surface area contributed by atoms with E-state index in [-0.39, 0.29) is 37.3 Å². The zero-order valence-corrected chi connectivity index (χ0v) is 40.8. The van der Waals surface area contributed by atoms with E-state index >= 15 is 0 Å². The molecule has 3 saturated heterocycles. The fourth-order valence-electron chi connectivity index (χ4n) is 9.93. The molecule has 5 N–H and O–H groups in total. The molecule has 3 aliphatic heterocycles. The molecule has 1 amide bonds. The third kappa shape index (κ3) is 13.0. The predicted molar refractivity (Wildman–Crippen MR) is 237 cm³/mol. The van der Waals surface area contributed by atoms with E-state index < -0.39 is 102 Å². The largest absolute Gasteiger partial charge is 0.469 e. The van der Waals surface area contributed by atoms with Crippen molar-refractivity contribution in [1.29, 1.82) is 0 Å².